The minimum atomic E-state index is -0.201. The normalized spacial score (nSPS) is 16.9. The quantitative estimate of drug-likeness (QED) is 0.823. The van der Waals surface area contributed by atoms with Crippen LogP contribution in [0.5, 0.6) is 0 Å². The van der Waals surface area contributed by atoms with Crippen molar-refractivity contribution in [3.05, 3.63) is 66.4 Å². The number of fused-ring (bicyclic) bond motifs is 1. The third kappa shape index (κ3) is 2.98. The molecule has 0 unspecified atom stereocenters. The molecule has 0 saturated carbocycles. The molecule has 2 aliphatic rings. The second-order valence-electron chi connectivity index (χ2n) is 7.07. The van der Waals surface area contributed by atoms with Gasteiger partial charge in [0.25, 0.3) is 5.91 Å². The molecule has 28 heavy (non-hydrogen) atoms. The molecule has 4 rings (SSSR count). The highest BCUT2D eigenvalue weighted by atomic mass is 16.2. The van der Waals surface area contributed by atoms with Crippen LogP contribution in [0.4, 0.5) is 5.82 Å². The minimum absolute atomic E-state index is 0.0222. The Bertz CT molecular complexity index is 976. The van der Waals surface area contributed by atoms with Crippen LogP contribution in [0.25, 0.3) is 5.57 Å². The molecule has 0 fully saturated rings. The molecule has 2 aliphatic heterocycles. The van der Waals surface area contributed by atoms with Gasteiger partial charge in [-0.3, -0.25) is 14.5 Å². The monoisotopic (exact) mass is 377 g/mol. The standard InChI is InChI=1S/C21H23N5O2/c1-15-23(2)20-19(21(28)24(15)3)26(14-22-20)13-18(27)25-11-9-17(10-12-25)16-7-5-4-6-8-16/h4-9,14H,1,10-13H2,2-3H3. The third-order valence-corrected chi connectivity index (χ3v) is 5.43. The summed E-state index contributed by atoms with van der Waals surface area (Å²) in [7, 11) is 3.48. The largest absolute Gasteiger partial charge is 0.337 e. The fourth-order valence-electron chi connectivity index (χ4n) is 3.63. The van der Waals surface area contributed by atoms with Gasteiger partial charge in [-0.2, -0.15) is 0 Å². The highest BCUT2D eigenvalue weighted by Gasteiger charge is 2.33. The van der Waals surface area contributed by atoms with Crippen molar-refractivity contribution < 1.29 is 9.59 Å². The van der Waals surface area contributed by atoms with Crippen LogP contribution in [-0.2, 0) is 11.3 Å². The summed E-state index contributed by atoms with van der Waals surface area (Å²) in [5, 5.41) is 0. The van der Waals surface area contributed by atoms with Crippen LogP contribution >= 0.6 is 0 Å². The molecule has 1 aromatic carbocycles. The first-order valence-corrected chi connectivity index (χ1v) is 9.25. The maximum absolute atomic E-state index is 12.8. The molecule has 0 aliphatic carbocycles. The van der Waals surface area contributed by atoms with Crippen LogP contribution in [0, 0.1) is 0 Å². The molecule has 1 aromatic heterocycles. The number of aromatic nitrogens is 2. The van der Waals surface area contributed by atoms with E-state index in [1.807, 2.05) is 30.1 Å². The molecule has 7 nitrogen and oxygen atoms in total. The smallest absolute Gasteiger partial charge is 0.279 e. The molecule has 7 heteroatoms. The van der Waals surface area contributed by atoms with E-state index in [0.29, 0.717) is 30.4 Å². The van der Waals surface area contributed by atoms with Crippen molar-refractivity contribution in [2.24, 2.45) is 0 Å². The maximum Gasteiger partial charge on any atom is 0.279 e. The number of anilines is 1. The summed E-state index contributed by atoms with van der Waals surface area (Å²) < 4.78 is 1.63. The van der Waals surface area contributed by atoms with Gasteiger partial charge in [0.2, 0.25) is 5.91 Å². The second-order valence-corrected chi connectivity index (χ2v) is 7.07. The van der Waals surface area contributed by atoms with E-state index >= 15 is 0 Å². The molecule has 0 spiro atoms. The number of carbonyl (C=O) groups excluding carboxylic acids is 2. The number of hydrogen-bond donors (Lipinski definition) is 0. The molecule has 2 amide bonds. The molecule has 2 aromatic rings. The highest BCUT2D eigenvalue weighted by Crippen LogP contribution is 2.29. The molecule has 0 atom stereocenters. The Morgan fingerprint density at radius 2 is 1.93 bits per heavy atom. The summed E-state index contributed by atoms with van der Waals surface area (Å²) in [6.07, 6.45) is 4.48. The average molecular weight is 377 g/mol. The number of imidazole rings is 1. The van der Waals surface area contributed by atoms with Gasteiger partial charge in [-0.25, -0.2) is 4.98 Å². The number of amides is 2. The first-order valence-electron chi connectivity index (χ1n) is 9.25. The lowest BCUT2D eigenvalue weighted by Crippen LogP contribution is -2.42. The number of carbonyl (C=O) groups is 2. The van der Waals surface area contributed by atoms with Gasteiger partial charge in [0.1, 0.15) is 12.4 Å². The number of benzene rings is 1. The van der Waals surface area contributed by atoms with Crippen molar-refractivity contribution in [1.82, 2.24) is 19.4 Å². The van der Waals surface area contributed by atoms with Gasteiger partial charge in [-0.15, -0.1) is 0 Å². The topological polar surface area (TPSA) is 61.7 Å². The Morgan fingerprint density at radius 1 is 1.18 bits per heavy atom. The SMILES string of the molecule is C=C1N(C)C(=O)c2c(ncn2CC(=O)N2CC=C(c3ccccc3)CC2)N1C. The summed E-state index contributed by atoms with van der Waals surface area (Å²) in [6.45, 7) is 5.24. The molecule has 0 N–H and O–H groups in total. The van der Waals surface area contributed by atoms with Crippen molar-refractivity contribution in [2.45, 2.75) is 13.0 Å². The van der Waals surface area contributed by atoms with E-state index in [1.54, 1.807) is 22.8 Å². The molecular weight excluding hydrogens is 354 g/mol. The lowest BCUT2D eigenvalue weighted by atomic mass is 9.99. The minimum Gasteiger partial charge on any atom is -0.337 e. The van der Waals surface area contributed by atoms with E-state index in [1.165, 1.54) is 16.0 Å². The Balaban J connectivity index is 1.49. The van der Waals surface area contributed by atoms with Crippen molar-refractivity contribution >= 4 is 23.2 Å². The van der Waals surface area contributed by atoms with E-state index < -0.39 is 0 Å². The zero-order valence-corrected chi connectivity index (χ0v) is 16.1. The molecule has 3 heterocycles. The van der Waals surface area contributed by atoms with Gasteiger partial charge in [0.05, 0.1) is 6.33 Å². The van der Waals surface area contributed by atoms with Gasteiger partial charge in [-0.05, 0) is 17.6 Å². The van der Waals surface area contributed by atoms with Gasteiger partial charge >= 0.3 is 0 Å². The van der Waals surface area contributed by atoms with Gasteiger partial charge in [-0.1, -0.05) is 43.0 Å². The lowest BCUT2D eigenvalue weighted by molar-refractivity contribution is -0.131. The Morgan fingerprint density at radius 3 is 2.61 bits per heavy atom. The maximum atomic E-state index is 12.8. The molecule has 0 saturated heterocycles. The zero-order valence-electron chi connectivity index (χ0n) is 16.1. The van der Waals surface area contributed by atoms with Gasteiger partial charge in [0, 0.05) is 27.2 Å². The zero-order chi connectivity index (χ0) is 19.8. The van der Waals surface area contributed by atoms with E-state index in [-0.39, 0.29) is 18.4 Å². The van der Waals surface area contributed by atoms with Crippen molar-refractivity contribution in [1.29, 1.82) is 0 Å². The number of hydrogen-bond acceptors (Lipinski definition) is 4. The van der Waals surface area contributed by atoms with Crippen LogP contribution < -0.4 is 4.90 Å². The van der Waals surface area contributed by atoms with E-state index in [9.17, 15) is 9.59 Å². The molecular formula is C21H23N5O2. The fourth-order valence-corrected chi connectivity index (χ4v) is 3.63. The van der Waals surface area contributed by atoms with Crippen LogP contribution in [0.1, 0.15) is 22.5 Å². The van der Waals surface area contributed by atoms with Crippen LogP contribution in [0.2, 0.25) is 0 Å². The Hall–Kier alpha value is -3.35. The van der Waals surface area contributed by atoms with Crippen LogP contribution in [0.15, 0.2) is 55.1 Å². The number of nitrogens with zero attached hydrogens (tertiary/aromatic N) is 5. The molecule has 0 radical (unpaired) electrons. The van der Waals surface area contributed by atoms with Crippen LogP contribution in [-0.4, -0.2) is 58.4 Å². The van der Waals surface area contributed by atoms with E-state index in [0.717, 1.165) is 6.42 Å². The second kappa shape index (κ2) is 6.99. The van der Waals surface area contributed by atoms with E-state index in [4.69, 9.17) is 0 Å². The molecule has 144 valence electrons. The highest BCUT2D eigenvalue weighted by molar-refractivity contribution is 6.01. The van der Waals surface area contributed by atoms with E-state index in [2.05, 4.69) is 29.8 Å². The van der Waals surface area contributed by atoms with Crippen molar-refractivity contribution in [3.8, 4) is 0 Å². The molecule has 0 bridgehead atoms. The predicted molar refractivity (Wildman–Crippen MR) is 107 cm³/mol. The third-order valence-electron chi connectivity index (χ3n) is 5.43. The van der Waals surface area contributed by atoms with Crippen LogP contribution in [0.3, 0.4) is 0 Å². The summed E-state index contributed by atoms with van der Waals surface area (Å²) in [6, 6.07) is 10.2. The lowest BCUT2D eigenvalue weighted by Gasteiger charge is -2.33. The summed E-state index contributed by atoms with van der Waals surface area (Å²) in [4.78, 5) is 34.8. The van der Waals surface area contributed by atoms with Crippen molar-refractivity contribution in [2.75, 3.05) is 32.1 Å². The Kier molecular flexibility index (Phi) is 4.50. The summed E-state index contributed by atoms with van der Waals surface area (Å²) in [5.41, 5.74) is 2.89. The van der Waals surface area contributed by atoms with Gasteiger partial charge < -0.3 is 14.4 Å². The first-order chi connectivity index (χ1) is 13.5. The Labute approximate surface area is 164 Å². The number of rotatable bonds is 3. The predicted octanol–water partition coefficient (Wildman–Crippen LogP) is 2.19. The van der Waals surface area contributed by atoms with Gasteiger partial charge in [0.15, 0.2) is 11.5 Å². The fraction of sp³-hybridized carbons (Fsp3) is 0.286. The summed E-state index contributed by atoms with van der Waals surface area (Å²) >= 11 is 0. The van der Waals surface area contributed by atoms with Crippen molar-refractivity contribution in [3.63, 3.8) is 0 Å². The summed E-state index contributed by atoms with van der Waals surface area (Å²) in [5.74, 6) is 0.869. The average Bonchev–Trinajstić information content (AvgIpc) is 3.15. The first kappa shape index (κ1) is 18.0.